The van der Waals surface area contributed by atoms with Gasteiger partial charge in [-0.15, -0.1) is 11.3 Å². The van der Waals surface area contributed by atoms with Crippen molar-refractivity contribution in [3.8, 4) is 0 Å². The van der Waals surface area contributed by atoms with Crippen LogP contribution < -0.4 is 11.1 Å². The van der Waals surface area contributed by atoms with E-state index in [2.05, 4.69) is 23.3 Å². The molecule has 1 amide bonds. The molecule has 2 aromatic heterocycles. The van der Waals surface area contributed by atoms with E-state index < -0.39 is 0 Å². The van der Waals surface area contributed by atoms with Crippen molar-refractivity contribution in [2.24, 2.45) is 0 Å². The Morgan fingerprint density at radius 2 is 2.24 bits per heavy atom. The highest BCUT2D eigenvalue weighted by molar-refractivity contribution is 7.10. The fourth-order valence-electron chi connectivity index (χ4n) is 2.23. The van der Waals surface area contributed by atoms with Crippen molar-refractivity contribution >= 4 is 23.1 Å². The number of nitrogens with zero attached hydrogens (tertiary/aromatic N) is 1. The Morgan fingerprint density at radius 3 is 2.86 bits per heavy atom. The summed E-state index contributed by atoms with van der Waals surface area (Å²) < 4.78 is 0. The minimum absolute atomic E-state index is 0.0574. The van der Waals surface area contributed by atoms with Crippen molar-refractivity contribution < 1.29 is 4.79 Å². The van der Waals surface area contributed by atoms with E-state index >= 15 is 0 Å². The summed E-state index contributed by atoms with van der Waals surface area (Å²) in [5, 5.41) is 5.13. The highest BCUT2D eigenvalue weighted by atomic mass is 32.1. The van der Waals surface area contributed by atoms with Gasteiger partial charge in [0.1, 0.15) is 5.82 Å². The van der Waals surface area contributed by atoms with Crippen LogP contribution in [0.1, 0.15) is 53.7 Å². The lowest BCUT2D eigenvalue weighted by molar-refractivity contribution is 0.0935. The van der Waals surface area contributed by atoms with Gasteiger partial charge in [-0.3, -0.25) is 4.79 Å². The van der Waals surface area contributed by atoms with Gasteiger partial charge in [0.25, 0.3) is 5.91 Å². The molecule has 0 aliphatic heterocycles. The molecule has 1 unspecified atom stereocenters. The third-order valence-corrected chi connectivity index (χ3v) is 4.28. The van der Waals surface area contributed by atoms with E-state index in [1.807, 2.05) is 24.4 Å². The molecular formula is C16H21N3OS. The number of rotatable bonds is 6. The highest BCUT2D eigenvalue weighted by Crippen LogP contribution is 2.23. The molecule has 0 spiro atoms. The zero-order chi connectivity index (χ0) is 15.2. The van der Waals surface area contributed by atoms with Crippen LogP contribution in [0.2, 0.25) is 0 Å². The first-order valence-corrected chi connectivity index (χ1v) is 8.12. The second-order valence-corrected chi connectivity index (χ2v) is 5.93. The zero-order valence-corrected chi connectivity index (χ0v) is 13.2. The predicted octanol–water partition coefficient (Wildman–Crippen LogP) is 3.56. The Hall–Kier alpha value is -1.88. The first-order valence-electron chi connectivity index (χ1n) is 7.24. The molecular weight excluding hydrogens is 282 g/mol. The van der Waals surface area contributed by atoms with Gasteiger partial charge in [-0.1, -0.05) is 26.3 Å². The number of thiophene rings is 1. The normalized spacial score (nSPS) is 12.1. The van der Waals surface area contributed by atoms with Crippen LogP contribution >= 0.6 is 11.3 Å². The van der Waals surface area contributed by atoms with Crippen LogP contribution in [0.25, 0.3) is 0 Å². The average molecular weight is 303 g/mol. The summed E-state index contributed by atoms with van der Waals surface area (Å²) in [5.41, 5.74) is 7.18. The summed E-state index contributed by atoms with van der Waals surface area (Å²) in [7, 11) is 0. The van der Waals surface area contributed by atoms with Gasteiger partial charge in [0.2, 0.25) is 0 Å². The molecule has 0 aromatic carbocycles. The maximum absolute atomic E-state index is 12.5. The van der Waals surface area contributed by atoms with Crippen LogP contribution in [0.5, 0.6) is 0 Å². The molecule has 112 valence electrons. The zero-order valence-electron chi connectivity index (χ0n) is 12.4. The summed E-state index contributed by atoms with van der Waals surface area (Å²) in [6, 6.07) is 7.56. The topological polar surface area (TPSA) is 68.0 Å². The van der Waals surface area contributed by atoms with Crippen LogP contribution in [0.4, 0.5) is 5.82 Å². The summed E-state index contributed by atoms with van der Waals surface area (Å²) in [6.45, 7) is 4.11. The first kappa shape index (κ1) is 15.5. The highest BCUT2D eigenvalue weighted by Gasteiger charge is 2.16. The van der Waals surface area contributed by atoms with Gasteiger partial charge < -0.3 is 11.1 Å². The van der Waals surface area contributed by atoms with Gasteiger partial charge in [0.05, 0.1) is 6.04 Å². The first-order chi connectivity index (χ1) is 10.1. The van der Waals surface area contributed by atoms with Gasteiger partial charge in [0, 0.05) is 16.1 Å². The van der Waals surface area contributed by atoms with Crippen molar-refractivity contribution in [1.29, 1.82) is 0 Å². The molecule has 0 aliphatic rings. The standard InChI is InChI=1S/C16H21N3OS/c1-3-6-13(14-7-5-8-21-14)19-16(20)11-9-12(4-2)18-15(17)10-11/h5,7-10,13H,3-4,6H2,1-2H3,(H2,17,18)(H,19,20). The van der Waals surface area contributed by atoms with Gasteiger partial charge in [-0.2, -0.15) is 0 Å². The van der Waals surface area contributed by atoms with E-state index in [1.54, 1.807) is 17.4 Å². The third kappa shape index (κ3) is 4.04. The Labute approximate surface area is 129 Å². The lowest BCUT2D eigenvalue weighted by atomic mass is 10.1. The molecule has 1 atom stereocenters. The van der Waals surface area contributed by atoms with Crippen molar-refractivity contribution in [3.05, 3.63) is 45.8 Å². The number of nitrogen functional groups attached to an aromatic ring is 1. The number of aryl methyl sites for hydroxylation is 1. The Balaban J connectivity index is 2.17. The van der Waals surface area contributed by atoms with E-state index in [4.69, 9.17) is 5.73 Å². The fourth-order valence-corrected chi connectivity index (χ4v) is 3.04. The fraction of sp³-hybridized carbons (Fsp3) is 0.375. The quantitative estimate of drug-likeness (QED) is 0.857. The lowest BCUT2D eigenvalue weighted by Gasteiger charge is -2.17. The number of aromatic nitrogens is 1. The molecule has 5 heteroatoms. The van der Waals surface area contributed by atoms with Crippen LogP contribution in [0, 0.1) is 0 Å². The van der Waals surface area contributed by atoms with Crippen molar-refractivity contribution in [1.82, 2.24) is 10.3 Å². The van der Waals surface area contributed by atoms with E-state index in [1.165, 1.54) is 4.88 Å². The smallest absolute Gasteiger partial charge is 0.251 e. The Kier molecular flexibility index (Phi) is 5.33. The lowest BCUT2D eigenvalue weighted by Crippen LogP contribution is -2.28. The van der Waals surface area contributed by atoms with Crippen LogP contribution in [0.15, 0.2) is 29.6 Å². The van der Waals surface area contributed by atoms with Gasteiger partial charge in [-0.25, -0.2) is 4.98 Å². The molecule has 4 nitrogen and oxygen atoms in total. The summed E-state index contributed by atoms with van der Waals surface area (Å²) in [5.74, 6) is 0.299. The number of anilines is 1. The van der Waals surface area contributed by atoms with E-state index in [-0.39, 0.29) is 11.9 Å². The van der Waals surface area contributed by atoms with Crippen LogP contribution in [-0.4, -0.2) is 10.9 Å². The number of carbonyl (C=O) groups is 1. The predicted molar refractivity (Wildman–Crippen MR) is 87.5 cm³/mol. The maximum Gasteiger partial charge on any atom is 0.251 e. The Bertz CT molecular complexity index is 596. The van der Waals surface area contributed by atoms with Crippen LogP contribution in [0.3, 0.4) is 0 Å². The minimum atomic E-state index is -0.0920. The molecule has 3 N–H and O–H groups in total. The number of nitrogens with one attached hydrogen (secondary N) is 1. The second-order valence-electron chi connectivity index (χ2n) is 4.96. The maximum atomic E-state index is 12.5. The van der Waals surface area contributed by atoms with Gasteiger partial charge in [-0.05, 0) is 36.4 Å². The van der Waals surface area contributed by atoms with Crippen molar-refractivity contribution in [3.63, 3.8) is 0 Å². The molecule has 0 saturated heterocycles. The summed E-state index contributed by atoms with van der Waals surface area (Å²) >= 11 is 1.67. The van der Waals surface area contributed by atoms with Crippen molar-refractivity contribution in [2.45, 2.75) is 39.2 Å². The SMILES string of the molecule is CCCC(NC(=O)c1cc(N)nc(CC)c1)c1cccs1. The van der Waals surface area contributed by atoms with Crippen molar-refractivity contribution in [2.75, 3.05) is 5.73 Å². The number of amides is 1. The Morgan fingerprint density at radius 1 is 1.43 bits per heavy atom. The molecule has 0 aliphatic carbocycles. The van der Waals surface area contributed by atoms with Crippen LogP contribution in [-0.2, 0) is 6.42 Å². The number of hydrogen-bond acceptors (Lipinski definition) is 4. The number of hydrogen-bond donors (Lipinski definition) is 2. The molecule has 2 aromatic rings. The van der Waals surface area contributed by atoms with E-state index in [9.17, 15) is 4.79 Å². The molecule has 0 bridgehead atoms. The summed E-state index contributed by atoms with van der Waals surface area (Å²) in [4.78, 5) is 17.8. The molecule has 2 heterocycles. The van der Waals surface area contributed by atoms with Gasteiger partial charge in [0.15, 0.2) is 0 Å². The molecule has 0 radical (unpaired) electrons. The number of carbonyl (C=O) groups excluding carboxylic acids is 1. The van der Waals surface area contributed by atoms with E-state index in [0.29, 0.717) is 11.4 Å². The molecule has 0 saturated carbocycles. The number of nitrogens with two attached hydrogens (primary N) is 1. The second kappa shape index (κ2) is 7.22. The minimum Gasteiger partial charge on any atom is -0.384 e. The average Bonchev–Trinajstić information content (AvgIpc) is 3.00. The summed E-state index contributed by atoms with van der Waals surface area (Å²) in [6.07, 6.45) is 2.70. The monoisotopic (exact) mass is 303 g/mol. The third-order valence-electron chi connectivity index (χ3n) is 3.29. The van der Waals surface area contributed by atoms with E-state index in [0.717, 1.165) is 25.0 Å². The van der Waals surface area contributed by atoms with Gasteiger partial charge >= 0.3 is 0 Å². The number of pyridine rings is 1. The molecule has 21 heavy (non-hydrogen) atoms. The molecule has 0 fully saturated rings. The molecule has 2 rings (SSSR count). The largest absolute Gasteiger partial charge is 0.384 e.